The lowest BCUT2D eigenvalue weighted by molar-refractivity contribution is 0.0783. The lowest BCUT2D eigenvalue weighted by Gasteiger charge is -2.24. The van der Waals surface area contributed by atoms with Gasteiger partial charge in [0.2, 0.25) is 0 Å². The van der Waals surface area contributed by atoms with E-state index in [0.29, 0.717) is 17.9 Å². The van der Waals surface area contributed by atoms with E-state index in [-0.39, 0.29) is 18.3 Å². The smallest absolute Gasteiger partial charge is 0.256 e. The van der Waals surface area contributed by atoms with Gasteiger partial charge < -0.3 is 15.1 Å². The second-order valence-corrected chi connectivity index (χ2v) is 5.53. The maximum atomic E-state index is 12.2. The second kappa shape index (κ2) is 8.32. The fraction of sp³-hybridized carbons (Fsp3) is 0.667. The zero-order valence-corrected chi connectivity index (χ0v) is 13.0. The van der Waals surface area contributed by atoms with Gasteiger partial charge in [0.05, 0.1) is 12.1 Å². The molecule has 0 saturated heterocycles. The van der Waals surface area contributed by atoms with Crippen LogP contribution in [0.3, 0.4) is 0 Å². The van der Waals surface area contributed by atoms with Crippen molar-refractivity contribution in [2.75, 3.05) is 13.6 Å². The van der Waals surface area contributed by atoms with Crippen LogP contribution in [0.25, 0.3) is 0 Å². The van der Waals surface area contributed by atoms with Gasteiger partial charge in [-0.15, -0.1) is 12.4 Å². The summed E-state index contributed by atoms with van der Waals surface area (Å²) in [5.74, 6) is 1.48. The third kappa shape index (κ3) is 4.53. The number of hydrogen-bond acceptors (Lipinski definition) is 3. The van der Waals surface area contributed by atoms with Crippen molar-refractivity contribution in [3.63, 3.8) is 0 Å². The highest BCUT2D eigenvalue weighted by Crippen LogP contribution is 2.26. The molecule has 1 amide bonds. The van der Waals surface area contributed by atoms with E-state index >= 15 is 0 Å². The fourth-order valence-corrected chi connectivity index (χ4v) is 2.77. The van der Waals surface area contributed by atoms with E-state index in [4.69, 9.17) is 10.2 Å². The molecule has 1 aliphatic rings. The summed E-state index contributed by atoms with van der Waals surface area (Å²) in [4.78, 5) is 14.0. The van der Waals surface area contributed by atoms with E-state index in [1.54, 1.807) is 11.0 Å². The summed E-state index contributed by atoms with van der Waals surface area (Å²) in [6, 6.07) is 1.74. The molecule has 114 valence electrons. The van der Waals surface area contributed by atoms with Crippen LogP contribution in [0.5, 0.6) is 0 Å². The molecule has 0 aliphatic heterocycles. The Balaban J connectivity index is 0.00000200. The van der Waals surface area contributed by atoms with E-state index in [0.717, 1.165) is 18.9 Å². The number of furan rings is 1. The highest BCUT2D eigenvalue weighted by Gasteiger charge is 2.18. The second-order valence-electron chi connectivity index (χ2n) is 5.53. The van der Waals surface area contributed by atoms with E-state index in [1.807, 2.05) is 7.05 Å². The van der Waals surface area contributed by atoms with E-state index < -0.39 is 0 Å². The molecule has 2 rings (SSSR count). The van der Waals surface area contributed by atoms with Crippen molar-refractivity contribution in [1.29, 1.82) is 0 Å². The molecular weight excluding hydrogens is 276 g/mol. The summed E-state index contributed by atoms with van der Waals surface area (Å²) in [7, 11) is 1.86. The molecule has 1 aromatic rings. The Labute approximate surface area is 127 Å². The van der Waals surface area contributed by atoms with Gasteiger partial charge in [-0.2, -0.15) is 0 Å². The van der Waals surface area contributed by atoms with Gasteiger partial charge in [0, 0.05) is 13.6 Å². The molecule has 0 atom stereocenters. The Kier molecular flexibility index (Phi) is 7.10. The molecule has 20 heavy (non-hydrogen) atoms. The number of nitrogens with zero attached hydrogens (tertiary/aromatic N) is 1. The number of rotatable bonds is 5. The molecule has 5 heteroatoms. The van der Waals surface area contributed by atoms with Gasteiger partial charge in [-0.25, -0.2) is 0 Å². The number of halogens is 1. The number of carbonyl (C=O) groups is 1. The quantitative estimate of drug-likeness (QED) is 0.908. The number of carbonyl (C=O) groups excluding carboxylic acids is 1. The first-order chi connectivity index (χ1) is 9.20. The van der Waals surface area contributed by atoms with Crippen molar-refractivity contribution < 1.29 is 9.21 Å². The molecule has 0 bridgehead atoms. The van der Waals surface area contributed by atoms with Crippen molar-refractivity contribution in [2.24, 2.45) is 11.7 Å². The Morgan fingerprint density at radius 1 is 1.40 bits per heavy atom. The van der Waals surface area contributed by atoms with E-state index in [1.165, 1.54) is 38.4 Å². The van der Waals surface area contributed by atoms with Gasteiger partial charge in [-0.05, 0) is 18.4 Å². The van der Waals surface area contributed by atoms with Crippen LogP contribution < -0.4 is 5.73 Å². The zero-order chi connectivity index (χ0) is 13.7. The summed E-state index contributed by atoms with van der Waals surface area (Å²) in [5, 5.41) is 0. The predicted octanol–water partition coefficient (Wildman–Crippen LogP) is 3.20. The third-order valence-corrected chi connectivity index (χ3v) is 4.05. The SMILES string of the molecule is CN(CCC1CCCCC1)C(=O)c1coc(CN)c1.Cl. The highest BCUT2D eigenvalue weighted by molar-refractivity contribution is 5.93. The van der Waals surface area contributed by atoms with Crippen molar-refractivity contribution in [2.45, 2.75) is 45.1 Å². The predicted molar refractivity (Wildman–Crippen MR) is 82.0 cm³/mol. The first-order valence-electron chi connectivity index (χ1n) is 7.23. The highest BCUT2D eigenvalue weighted by atomic mass is 35.5. The standard InChI is InChI=1S/C15H24N2O2.ClH/c1-17(8-7-12-5-3-2-4-6-12)15(18)13-9-14(10-16)19-11-13;/h9,11-12H,2-8,10,16H2,1H3;1H. The molecule has 1 aliphatic carbocycles. The minimum absolute atomic E-state index is 0. The van der Waals surface area contributed by atoms with Crippen LogP contribution in [0.1, 0.15) is 54.6 Å². The molecule has 1 heterocycles. The molecule has 4 nitrogen and oxygen atoms in total. The van der Waals surface area contributed by atoms with Gasteiger partial charge in [0.15, 0.2) is 0 Å². The Morgan fingerprint density at radius 3 is 2.70 bits per heavy atom. The molecule has 1 aromatic heterocycles. The molecule has 0 aromatic carbocycles. The monoisotopic (exact) mass is 300 g/mol. The summed E-state index contributed by atoms with van der Waals surface area (Å²) in [6.45, 7) is 1.16. The molecular formula is C15H25ClN2O2. The summed E-state index contributed by atoms with van der Waals surface area (Å²) in [5.41, 5.74) is 6.08. The van der Waals surface area contributed by atoms with Crippen molar-refractivity contribution >= 4 is 18.3 Å². The van der Waals surface area contributed by atoms with Gasteiger partial charge in [-0.3, -0.25) is 4.79 Å². The first kappa shape index (κ1) is 17.1. The summed E-state index contributed by atoms with van der Waals surface area (Å²) < 4.78 is 5.21. The zero-order valence-electron chi connectivity index (χ0n) is 12.1. The van der Waals surface area contributed by atoms with E-state index in [2.05, 4.69) is 0 Å². The average molecular weight is 301 g/mol. The van der Waals surface area contributed by atoms with Crippen LogP contribution in [0.2, 0.25) is 0 Å². The van der Waals surface area contributed by atoms with E-state index in [9.17, 15) is 4.79 Å². The Bertz CT molecular complexity index is 414. The molecule has 1 saturated carbocycles. The molecule has 1 fully saturated rings. The van der Waals surface area contributed by atoms with Crippen LogP contribution in [0, 0.1) is 5.92 Å². The van der Waals surface area contributed by atoms with Crippen molar-refractivity contribution in [3.8, 4) is 0 Å². The molecule has 0 unspecified atom stereocenters. The van der Waals surface area contributed by atoms with Gasteiger partial charge in [0.25, 0.3) is 5.91 Å². The topological polar surface area (TPSA) is 59.5 Å². The normalized spacial score (nSPS) is 15.7. The Hall–Kier alpha value is -1.00. The maximum Gasteiger partial charge on any atom is 0.256 e. The number of hydrogen-bond donors (Lipinski definition) is 1. The summed E-state index contributed by atoms with van der Waals surface area (Å²) >= 11 is 0. The molecule has 0 radical (unpaired) electrons. The average Bonchev–Trinajstić information content (AvgIpc) is 2.94. The minimum Gasteiger partial charge on any atom is -0.467 e. The minimum atomic E-state index is 0. The van der Waals surface area contributed by atoms with Gasteiger partial charge in [0.1, 0.15) is 12.0 Å². The van der Waals surface area contributed by atoms with Gasteiger partial charge in [-0.1, -0.05) is 32.1 Å². The van der Waals surface area contributed by atoms with Crippen molar-refractivity contribution in [3.05, 3.63) is 23.7 Å². The lowest BCUT2D eigenvalue weighted by atomic mass is 9.87. The fourth-order valence-electron chi connectivity index (χ4n) is 2.77. The summed E-state index contributed by atoms with van der Waals surface area (Å²) in [6.07, 6.45) is 9.34. The van der Waals surface area contributed by atoms with Crippen LogP contribution in [0.4, 0.5) is 0 Å². The third-order valence-electron chi connectivity index (χ3n) is 4.05. The number of amides is 1. The van der Waals surface area contributed by atoms with Gasteiger partial charge >= 0.3 is 0 Å². The first-order valence-corrected chi connectivity index (χ1v) is 7.23. The van der Waals surface area contributed by atoms with Crippen molar-refractivity contribution in [1.82, 2.24) is 4.90 Å². The molecule has 2 N–H and O–H groups in total. The van der Waals surface area contributed by atoms with Crippen LogP contribution in [0.15, 0.2) is 16.7 Å². The largest absolute Gasteiger partial charge is 0.467 e. The van der Waals surface area contributed by atoms with Crippen LogP contribution in [-0.4, -0.2) is 24.4 Å². The maximum absolute atomic E-state index is 12.2. The van der Waals surface area contributed by atoms with Crippen LogP contribution in [-0.2, 0) is 6.54 Å². The molecule has 0 spiro atoms. The van der Waals surface area contributed by atoms with Crippen LogP contribution >= 0.6 is 12.4 Å². The lowest BCUT2D eigenvalue weighted by Crippen LogP contribution is -2.29. The Morgan fingerprint density at radius 2 is 2.10 bits per heavy atom. The number of nitrogens with two attached hydrogens (primary N) is 1.